The number of hydrogen-bond acceptors (Lipinski definition) is 3. The van der Waals surface area contributed by atoms with Crippen LogP contribution in [0.1, 0.15) is 6.42 Å². The van der Waals surface area contributed by atoms with Gasteiger partial charge in [-0.3, -0.25) is 4.79 Å². The van der Waals surface area contributed by atoms with Crippen LogP contribution in [0.2, 0.25) is 0 Å². The lowest BCUT2D eigenvalue weighted by atomic mass is 10.1. The first-order valence-corrected chi connectivity index (χ1v) is 5.03. The van der Waals surface area contributed by atoms with Gasteiger partial charge in [-0.2, -0.15) is 0 Å². The SMILES string of the molecule is O=C(O)CCn1nncc1-c1ccc(F)cc1. The molecule has 0 radical (unpaired) electrons. The Labute approximate surface area is 96.5 Å². The first kappa shape index (κ1) is 11.3. The van der Waals surface area contributed by atoms with Crippen molar-refractivity contribution in [1.29, 1.82) is 0 Å². The number of carboxylic acid groups (broad SMARTS) is 1. The van der Waals surface area contributed by atoms with Crippen LogP contribution < -0.4 is 0 Å². The van der Waals surface area contributed by atoms with Gasteiger partial charge in [-0.05, 0) is 24.3 Å². The van der Waals surface area contributed by atoms with Crippen LogP contribution in [0.4, 0.5) is 4.39 Å². The van der Waals surface area contributed by atoms with Gasteiger partial charge in [0.15, 0.2) is 0 Å². The zero-order chi connectivity index (χ0) is 12.3. The molecule has 1 aromatic carbocycles. The number of aryl methyl sites for hydroxylation is 1. The summed E-state index contributed by atoms with van der Waals surface area (Å²) in [5, 5.41) is 16.1. The average molecular weight is 235 g/mol. The third kappa shape index (κ3) is 2.66. The number of rotatable bonds is 4. The monoisotopic (exact) mass is 235 g/mol. The van der Waals surface area contributed by atoms with E-state index in [4.69, 9.17) is 5.11 Å². The molecule has 2 rings (SSSR count). The van der Waals surface area contributed by atoms with Crippen molar-refractivity contribution in [1.82, 2.24) is 15.0 Å². The standard InChI is InChI=1S/C11H10FN3O2/c12-9-3-1-8(2-4-9)10-7-13-14-15(10)6-5-11(16)17/h1-4,7H,5-6H2,(H,16,17). The predicted octanol–water partition coefficient (Wildman–Crippen LogP) is 1.56. The van der Waals surface area contributed by atoms with Gasteiger partial charge in [0.05, 0.1) is 24.9 Å². The van der Waals surface area contributed by atoms with E-state index in [0.717, 1.165) is 5.56 Å². The lowest BCUT2D eigenvalue weighted by Gasteiger charge is -2.04. The fourth-order valence-electron chi connectivity index (χ4n) is 1.47. The predicted molar refractivity (Wildman–Crippen MR) is 57.7 cm³/mol. The molecule has 0 saturated heterocycles. The smallest absolute Gasteiger partial charge is 0.305 e. The van der Waals surface area contributed by atoms with Crippen molar-refractivity contribution in [2.45, 2.75) is 13.0 Å². The van der Waals surface area contributed by atoms with Gasteiger partial charge in [-0.1, -0.05) is 5.21 Å². The van der Waals surface area contributed by atoms with Crippen LogP contribution in [0, 0.1) is 5.82 Å². The lowest BCUT2D eigenvalue weighted by molar-refractivity contribution is -0.137. The third-order valence-corrected chi connectivity index (χ3v) is 2.30. The summed E-state index contributed by atoms with van der Waals surface area (Å²) in [5.74, 6) is -1.22. The van der Waals surface area contributed by atoms with Crippen molar-refractivity contribution < 1.29 is 14.3 Å². The zero-order valence-corrected chi connectivity index (χ0v) is 8.88. The largest absolute Gasteiger partial charge is 0.481 e. The number of carboxylic acids is 1. The highest BCUT2D eigenvalue weighted by Crippen LogP contribution is 2.18. The van der Waals surface area contributed by atoms with E-state index in [1.54, 1.807) is 12.1 Å². The number of nitrogens with zero attached hydrogens (tertiary/aromatic N) is 3. The highest BCUT2D eigenvalue weighted by Gasteiger charge is 2.08. The fourth-order valence-corrected chi connectivity index (χ4v) is 1.47. The van der Waals surface area contributed by atoms with Crippen molar-refractivity contribution in [3.8, 4) is 11.3 Å². The summed E-state index contributed by atoms with van der Waals surface area (Å²) in [6.45, 7) is 0.238. The molecule has 0 unspecified atom stereocenters. The molecule has 0 saturated carbocycles. The summed E-state index contributed by atoms with van der Waals surface area (Å²) >= 11 is 0. The second-order valence-corrected chi connectivity index (χ2v) is 3.49. The van der Waals surface area contributed by atoms with Crippen LogP contribution in [0.15, 0.2) is 30.5 Å². The van der Waals surface area contributed by atoms with E-state index in [-0.39, 0.29) is 18.8 Å². The summed E-state index contributed by atoms with van der Waals surface area (Å²) in [5.41, 5.74) is 1.42. The highest BCUT2D eigenvalue weighted by molar-refractivity contribution is 5.66. The van der Waals surface area contributed by atoms with Gasteiger partial charge >= 0.3 is 5.97 Å². The molecule has 0 amide bonds. The van der Waals surface area contributed by atoms with Crippen molar-refractivity contribution in [3.05, 3.63) is 36.3 Å². The van der Waals surface area contributed by atoms with Gasteiger partial charge in [0.2, 0.25) is 0 Å². The normalized spacial score (nSPS) is 10.4. The number of carbonyl (C=O) groups is 1. The van der Waals surface area contributed by atoms with Crippen molar-refractivity contribution >= 4 is 5.97 Å². The van der Waals surface area contributed by atoms with Crippen LogP contribution >= 0.6 is 0 Å². The number of aromatic nitrogens is 3. The van der Waals surface area contributed by atoms with Gasteiger partial charge < -0.3 is 5.11 Å². The van der Waals surface area contributed by atoms with Crippen molar-refractivity contribution in [3.63, 3.8) is 0 Å². The van der Waals surface area contributed by atoms with E-state index in [1.807, 2.05) is 0 Å². The molecule has 0 fully saturated rings. The minimum Gasteiger partial charge on any atom is -0.481 e. The van der Waals surface area contributed by atoms with Gasteiger partial charge in [-0.25, -0.2) is 9.07 Å². The quantitative estimate of drug-likeness (QED) is 0.873. The molecule has 0 atom stereocenters. The lowest BCUT2D eigenvalue weighted by Crippen LogP contribution is -2.07. The molecule has 17 heavy (non-hydrogen) atoms. The average Bonchev–Trinajstić information content (AvgIpc) is 2.75. The van der Waals surface area contributed by atoms with Crippen molar-refractivity contribution in [2.75, 3.05) is 0 Å². The molecule has 1 N–H and O–H groups in total. The maximum Gasteiger partial charge on any atom is 0.305 e. The summed E-state index contributed by atoms with van der Waals surface area (Å²) < 4.78 is 14.3. The molecule has 2 aromatic rings. The minimum atomic E-state index is -0.898. The van der Waals surface area contributed by atoms with Gasteiger partial charge in [-0.15, -0.1) is 5.10 Å². The van der Waals surface area contributed by atoms with Gasteiger partial charge in [0.25, 0.3) is 0 Å². The topological polar surface area (TPSA) is 68.0 Å². The van der Waals surface area contributed by atoms with Crippen molar-refractivity contribution in [2.24, 2.45) is 0 Å². The molecule has 5 nitrogen and oxygen atoms in total. The number of aliphatic carboxylic acids is 1. The van der Waals surface area contributed by atoms with Gasteiger partial charge in [0, 0.05) is 5.56 Å². The Balaban J connectivity index is 2.24. The second kappa shape index (κ2) is 4.73. The van der Waals surface area contributed by atoms with E-state index < -0.39 is 5.97 Å². The van der Waals surface area contributed by atoms with E-state index in [9.17, 15) is 9.18 Å². The van der Waals surface area contributed by atoms with E-state index in [0.29, 0.717) is 5.69 Å². The molecular formula is C11H10FN3O2. The van der Waals surface area contributed by atoms with Crippen LogP contribution in [0.5, 0.6) is 0 Å². The summed E-state index contributed by atoms with van der Waals surface area (Å²) in [4.78, 5) is 10.5. The van der Waals surface area contributed by atoms with Crippen LogP contribution in [-0.4, -0.2) is 26.1 Å². The summed E-state index contributed by atoms with van der Waals surface area (Å²) in [6, 6.07) is 5.88. The maximum atomic E-state index is 12.8. The molecule has 0 aliphatic heterocycles. The minimum absolute atomic E-state index is 0.0302. The maximum absolute atomic E-state index is 12.8. The Bertz CT molecular complexity index is 522. The molecule has 0 aliphatic carbocycles. The van der Waals surface area contributed by atoms with E-state index in [1.165, 1.54) is 23.0 Å². The first-order chi connectivity index (χ1) is 8.16. The number of hydrogen-bond donors (Lipinski definition) is 1. The van der Waals surface area contributed by atoms with E-state index in [2.05, 4.69) is 10.3 Å². The first-order valence-electron chi connectivity index (χ1n) is 5.03. The second-order valence-electron chi connectivity index (χ2n) is 3.49. The van der Waals surface area contributed by atoms with Crippen LogP contribution in [-0.2, 0) is 11.3 Å². The summed E-state index contributed by atoms with van der Waals surface area (Å²) in [7, 11) is 0. The van der Waals surface area contributed by atoms with Crippen LogP contribution in [0.3, 0.4) is 0 Å². The highest BCUT2D eigenvalue weighted by atomic mass is 19.1. The Morgan fingerprint density at radius 1 is 1.35 bits per heavy atom. The van der Waals surface area contributed by atoms with Gasteiger partial charge in [0.1, 0.15) is 5.82 Å². The van der Waals surface area contributed by atoms with E-state index >= 15 is 0 Å². The molecule has 88 valence electrons. The number of benzene rings is 1. The Morgan fingerprint density at radius 3 is 2.71 bits per heavy atom. The Hall–Kier alpha value is -2.24. The Kier molecular flexibility index (Phi) is 3.13. The molecule has 0 bridgehead atoms. The molecule has 0 spiro atoms. The molecule has 6 heteroatoms. The summed E-state index contributed by atoms with van der Waals surface area (Å²) in [6.07, 6.45) is 1.49. The molecule has 0 aliphatic rings. The molecule has 1 heterocycles. The Morgan fingerprint density at radius 2 is 2.06 bits per heavy atom. The third-order valence-electron chi connectivity index (χ3n) is 2.30. The number of halogens is 1. The fraction of sp³-hybridized carbons (Fsp3) is 0.182. The van der Waals surface area contributed by atoms with Crippen LogP contribution in [0.25, 0.3) is 11.3 Å². The molecule has 1 aromatic heterocycles. The zero-order valence-electron chi connectivity index (χ0n) is 8.88. The molecular weight excluding hydrogens is 225 g/mol.